The lowest BCUT2D eigenvalue weighted by Gasteiger charge is -2.11. The molecule has 1 N–H and O–H groups in total. The standard InChI is InChI=1S/C26H24N6O2/c1-17-11-13-18(14-12-17)15-27-29-25-28-23-22(24(33)31(3)26(34)30(23)2)32(25)16-20-9-6-8-19-7-4-5-10-21(19)20/h4-15H,16H2,1-3H3,(H,28,29)/b27-15+. The highest BCUT2D eigenvalue weighted by atomic mass is 16.2. The third-order valence-corrected chi connectivity index (χ3v) is 6.01. The number of aryl methyl sites for hydroxylation is 2. The first-order chi connectivity index (χ1) is 16.4. The number of anilines is 1. The van der Waals surface area contributed by atoms with Crippen molar-refractivity contribution in [3.8, 4) is 0 Å². The Balaban J connectivity index is 1.65. The number of hydrazone groups is 1. The van der Waals surface area contributed by atoms with Crippen LogP contribution in [0.3, 0.4) is 0 Å². The maximum Gasteiger partial charge on any atom is 0.332 e. The average molecular weight is 453 g/mol. The van der Waals surface area contributed by atoms with Crippen LogP contribution in [-0.2, 0) is 20.6 Å². The summed E-state index contributed by atoms with van der Waals surface area (Å²) >= 11 is 0. The van der Waals surface area contributed by atoms with E-state index in [2.05, 4.69) is 33.7 Å². The summed E-state index contributed by atoms with van der Waals surface area (Å²) < 4.78 is 4.26. The van der Waals surface area contributed by atoms with Crippen LogP contribution < -0.4 is 16.7 Å². The number of nitrogens with zero attached hydrogens (tertiary/aromatic N) is 5. The Morgan fingerprint density at radius 2 is 1.68 bits per heavy atom. The van der Waals surface area contributed by atoms with E-state index in [4.69, 9.17) is 0 Å². The van der Waals surface area contributed by atoms with E-state index in [1.807, 2.05) is 55.5 Å². The molecule has 0 spiro atoms. The molecule has 5 rings (SSSR count). The van der Waals surface area contributed by atoms with Gasteiger partial charge in [-0.3, -0.25) is 18.5 Å². The summed E-state index contributed by atoms with van der Waals surface area (Å²) in [5, 5.41) is 6.54. The molecule has 0 radical (unpaired) electrons. The number of benzene rings is 3. The highest BCUT2D eigenvalue weighted by Crippen LogP contribution is 2.23. The van der Waals surface area contributed by atoms with Crippen LogP contribution in [-0.4, -0.2) is 24.9 Å². The van der Waals surface area contributed by atoms with Crippen molar-refractivity contribution in [2.75, 3.05) is 5.43 Å². The lowest BCUT2D eigenvalue weighted by molar-refractivity contribution is 0.703. The molecule has 8 nitrogen and oxygen atoms in total. The van der Waals surface area contributed by atoms with Gasteiger partial charge in [-0.05, 0) is 28.8 Å². The molecule has 5 aromatic rings. The van der Waals surface area contributed by atoms with Gasteiger partial charge >= 0.3 is 5.69 Å². The number of rotatable bonds is 5. The van der Waals surface area contributed by atoms with E-state index < -0.39 is 11.2 Å². The van der Waals surface area contributed by atoms with Crippen molar-refractivity contribution in [3.63, 3.8) is 0 Å². The van der Waals surface area contributed by atoms with E-state index in [0.29, 0.717) is 23.7 Å². The maximum absolute atomic E-state index is 13.1. The fraction of sp³-hybridized carbons (Fsp3) is 0.154. The first-order valence-electron chi connectivity index (χ1n) is 10.9. The minimum absolute atomic E-state index is 0.307. The van der Waals surface area contributed by atoms with Gasteiger partial charge in [0.05, 0.1) is 12.8 Å². The Morgan fingerprint density at radius 1 is 0.941 bits per heavy atom. The van der Waals surface area contributed by atoms with Gasteiger partial charge in [-0.2, -0.15) is 10.1 Å². The number of imidazole rings is 1. The molecular weight excluding hydrogens is 428 g/mol. The van der Waals surface area contributed by atoms with Gasteiger partial charge in [-0.15, -0.1) is 0 Å². The lowest BCUT2D eigenvalue weighted by atomic mass is 10.0. The molecule has 0 bridgehead atoms. The molecule has 0 amide bonds. The predicted octanol–water partition coefficient (Wildman–Crippen LogP) is 3.39. The summed E-state index contributed by atoms with van der Waals surface area (Å²) in [6, 6.07) is 22.1. The molecule has 170 valence electrons. The van der Waals surface area contributed by atoms with Crippen LogP contribution in [0.1, 0.15) is 16.7 Å². The van der Waals surface area contributed by atoms with Crippen molar-refractivity contribution in [1.29, 1.82) is 0 Å². The molecule has 0 aliphatic heterocycles. The Kier molecular flexibility index (Phi) is 5.33. The van der Waals surface area contributed by atoms with E-state index >= 15 is 0 Å². The third-order valence-electron chi connectivity index (χ3n) is 6.01. The zero-order chi connectivity index (χ0) is 23.8. The van der Waals surface area contributed by atoms with Crippen LogP contribution >= 0.6 is 0 Å². The van der Waals surface area contributed by atoms with E-state index in [0.717, 1.165) is 26.5 Å². The molecule has 8 heteroatoms. The molecule has 0 unspecified atom stereocenters. The molecule has 3 aromatic carbocycles. The van der Waals surface area contributed by atoms with Crippen LogP contribution in [0, 0.1) is 6.92 Å². The van der Waals surface area contributed by atoms with E-state index in [1.165, 1.54) is 17.2 Å². The molecular formula is C26H24N6O2. The minimum atomic E-state index is -0.429. The molecule has 2 aromatic heterocycles. The summed E-state index contributed by atoms with van der Waals surface area (Å²) in [5.41, 5.74) is 5.92. The zero-order valence-corrected chi connectivity index (χ0v) is 19.2. The predicted molar refractivity (Wildman–Crippen MR) is 136 cm³/mol. The molecule has 0 atom stereocenters. The summed E-state index contributed by atoms with van der Waals surface area (Å²) in [5.74, 6) is 0.379. The van der Waals surface area contributed by atoms with Crippen molar-refractivity contribution < 1.29 is 0 Å². The SMILES string of the molecule is Cc1ccc(/C=N/Nc2nc3c(c(=O)n(C)c(=O)n3C)n2Cc2cccc3ccccc23)cc1. The highest BCUT2D eigenvalue weighted by molar-refractivity contribution is 5.86. The largest absolute Gasteiger partial charge is 0.332 e. The van der Waals surface area contributed by atoms with Gasteiger partial charge in [0, 0.05) is 14.1 Å². The van der Waals surface area contributed by atoms with Crippen molar-refractivity contribution in [2.24, 2.45) is 19.2 Å². The van der Waals surface area contributed by atoms with Gasteiger partial charge in [0.1, 0.15) is 0 Å². The third kappa shape index (κ3) is 3.69. The topological polar surface area (TPSA) is 86.2 Å². The van der Waals surface area contributed by atoms with Crippen LogP contribution in [0.5, 0.6) is 0 Å². The van der Waals surface area contributed by atoms with Gasteiger partial charge < -0.3 is 0 Å². The van der Waals surface area contributed by atoms with Crippen molar-refractivity contribution >= 4 is 34.1 Å². The van der Waals surface area contributed by atoms with E-state index in [-0.39, 0.29) is 0 Å². The van der Waals surface area contributed by atoms with Gasteiger partial charge in [-0.1, -0.05) is 72.3 Å². The highest BCUT2D eigenvalue weighted by Gasteiger charge is 2.19. The number of aromatic nitrogens is 4. The quantitative estimate of drug-likeness (QED) is 0.327. The first-order valence-corrected chi connectivity index (χ1v) is 10.9. The lowest BCUT2D eigenvalue weighted by Crippen LogP contribution is -2.37. The van der Waals surface area contributed by atoms with Crippen molar-refractivity contribution in [1.82, 2.24) is 18.7 Å². The van der Waals surface area contributed by atoms with Crippen LogP contribution in [0.15, 0.2) is 81.4 Å². The van der Waals surface area contributed by atoms with E-state index in [9.17, 15) is 9.59 Å². The van der Waals surface area contributed by atoms with Gasteiger partial charge in [0.25, 0.3) is 5.56 Å². The molecule has 0 fully saturated rings. The number of fused-ring (bicyclic) bond motifs is 2. The Hall–Kier alpha value is -4.46. The second kappa shape index (κ2) is 8.47. The second-order valence-electron chi connectivity index (χ2n) is 8.32. The van der Waals surface area contributed by atoms with Gasteiger partial charge in [-0.25, -0.2) is 10.2 Å². The van der Waals surface area contributed by atoms with Crippen molar-refractivity contribution in [3.05, 3.63) is 104 Å². The molecule has 2 heterocycles. The fourth-order valence-corrected chi connectivity index (χ4v) is 4.10. The smallest absolute Gasteiger partial charge is 0.298 e. The number of nitrogens with one attached hydrogen (secondary N) is 1. The normalized spacial score (nSPS) is 11.6. The van der Waals surface area contributed by atoms with Crippen LogP contribution in [0.2, 0.25) is 0 Å². The van der Waals surface area contributed by atoms with Gasteiger partial charge in [0.15, 0.2) is 11.2 Å². The first kappa shape index (κ1) is 21.4. The zero-order valence-electron chi connectivity index (χ0n) is 19.2. The Morgan fingerprint density at radius 3 is 2.47 bits per heavy atom. The van der Waals surface area contributed by atoms with Gasteiger partial charge in [0.2, 0.25) is 5.95 Å². The average Bonchev–Trinajstić information content (AvgIpc) is 3.21. The number of hydrogen-bond acceptors (Lipinski definition) is 5. The summed E-state index contributed by atoms with van der Waals surface area (Å²) in [4.78, 5) is 30.2. The Labute approximate surface area is 195 Å². The molecule has 0 aliphatic rings. The molecule has 34 heavy (non-hydrogen) atoms. The molecule has 0 aliphatic carbocycles. The van der Waals surface area contributed by atoms with E-state index in [1.54, 1.807) is 17.8 Å². The number of hydrogen-bond donors (Lipinski definition) is 1. The van der Waals surface area contributed by atoms with Crippen molar-refractivity contribution in [2.45, 2.75) is 13.5 Å². The minimum Gasteiger partial charge on any atom is -0.298 e. The second-order valence-corrected chi connectivity index (χ2v) is 8.32. The fourth-order valence-electron chi connectivity index (χ4n) is 4.10. The maximum atomic E-state index is 13.1. The summed E-state index contributed by atoms with van der Waals surface area (Å²) in [6.07, 6.45) is 1.69. The molecule has 0 saturated heterocycles. The van der Waals surface area contributed by atoms with Crippen LogP contribution in [0.4, 0.5) is 5.95 Å². The molecule has 0 saturated carbocycles. The Bertz CT molecular complexity index is 1670. The summed E-state index contributed by atoms with van der Waals surface area (Å²) in [7, 11) is 3.08. The summed E-state index contributed by atoms with van der Waals surface area (Å²) in [6.45, 7) is 2.41. The monoisotopic (exact) mass is 452 g/mol. The van der Waals surface area contributed by atoms with Crippen LogP contribution in [0.25, 0.3) is 21.9 Å².